The van der Waals surface area contributed by atoms with E-state index in [4.69, 9.17) is 4.74 Å². The maximum atomic E-state index is 13.9. The second-order valence-corrected chi connectivity index (χ2v) is 6.52. The summed E-state index contributed by atoms with van der Waals surface area (Å²) in [4.78, 5) is 16.8. The van der Waals surface area contributed by atoms with E-state index in [1.54, 1.807) is 4.90 Å². The molecule has 1 amide bonds. The predicted molar refractivity (Wildman–Crippen MR) is 86.9 cm³/mol. The molecule has 4 nitrogen and oxygen atoms in total. The van der Waals surface area contributed by atoms with Crippen LogP contribution in [0.3, 0.4) is 0 Å². The van der Waals surface area contributed by atoms with Crippen molar-refractivity contribution in [2.24, 2.45) is 0 Å². The van der Waals surface area contributed by atoms with Crippen LogP contribution in [0.4, 0.5) is 8.78 Å². The number of likely N-dealkylation sites (tertiary alicyclic amines) is 1. The lowest BCUT2D eigenvalue weighted by Crippen LogP contribution is -2.46. The normalized spacial score (nSPS) is 22.6. The average molecular weight is 338 g/mol. The monoisotopic (exact) mass is 338 g/mol. The van der Waals surface area contributed by atoms with Crippen molar-refractivity contribution in [1.82, 2.24) is 9.80 Å². The molecule has 3 rings (SSSR count). The van der Waals surface area contributed by atoms with Gasteiger partial charge in [-0.1, -0.05) is 0 Å². The lowest BCUT2D eigenvalue weighted by atomic mass is 9.97. The van der Waals surface area contributed by atoms with E-state index in [1.165, 1.54) is 0 Å². The third-order valence-corrected chi connectivity index (χ3v) is 4.93. The molecule has 2 aliphatic rings. The summed E-state index contributed by atoms with van der Waals surface area (Å²) in [7, 11) is 0. The number of hydrogen-bond acceptors (Lipinski definition) is 3. The Morgan fingerprint density at radius 1 is 1.17 bits per heavy atom. The Morgan fingerprint density at radius 2 is 1.96 bits per heavy atom. The standard InChI is InChI=1S/C18H24F2N2O2/c19-14-4-5-17(20)16(13-14)18(23)22-7-2-1-3-15(22)6-8-21-9-11-24-12-10-21/h4-5,13,15H,1-3,6-12H2/t15-/m1/s1. The molecule has 6 heteroatoms. The number of benzene rings is 1. The van der Waals surface area contributed by atoms with Crippen molar-refractivity contribution in [2.75, 3.05) is 39.4 Å². The van der Waals surface area contributed by atoms with E-state index in [1.807, 2.05) is 0 Å². The minimum absolute atomic E-state index is 0.0942. The maximum Gasteiger partial charge on any atom is 0.257 e. The van der Waals surface area contributed by atoms with Gasteiger partial charge in [0.15, 0.2) is 0 Å². The molecule has 0 N–H and O–H groups in total. The molecule has 0 saturated carbocycles. The summed E-state index contributed by atoms with van der Waals surface area (Å²) in [6, 6.07) is 3.16. The van der Waals surface area contributed by atoms with Crippen molar-refractivity contribution < 1.29 is 18.3 Å². The zero-order valence-electron chi connectivity index (χ0n) is 13.8. The molecule has 132 valence electrons. The van der Waals surface area contributed by atoms with Crippen LogP contribution in [0, 0.1) is 11.6 Å². The Morgan fingerprint density at radius 3 is 2.75 bits per heavy atom. The van der Waals surface area contributed by atoms with Crippen molar-refractivity contribution in [1.29, 1.82) is 0 Å². The Kier molecular flexibility index (Phi) is 5.79. The summed E-state index contributed by atoms with van der Waals surface area (Å²) in [6.45, 7) is 4.86. The van der Waals surface area contributed by atoms with Crippen LogP contribution in [-0.2, 0) is 4.74 Å². The van der Waals surface area contributed by atoms with Gasteiger partial charge in [-0.3, -0.25) is 9.69 Å². The fourth-order valence-corrected chi connectivity index (χ4v) is 3.54. The Balaban J connectivity index is 1.66. The number of carbonyl (C=O) groups is 1. The second kappa shape index (κ2) is 8.03. The SMILES string of the molecule is O=C(c1cc(F)ccc1F)N1CCCC[C@@H]1CCN1CCOCC1. The number of morpholine rings is 1. The van der Waals surface area contributed by atoms with Crippen molar-refractivity contribution in [3.63, 3.8) is 0 Å². The summed E-state index contributed by atoms with van der Waals surface area (Å²) >= 11 is 0. The van der Waals surface area contributed by atoms with E-state index in [0.717, 1.165) is 76.7 Å². The zero-order valence-corrected chi connectivity index (χ0v) is 13.8. The van der Waals surface area contributed by atoms with Crippen LogP contribution < -0.4 is 0 Å². The van der Waals surface area contributed by atoms with Gasteiger partial charge in [0.25, 0.3) is 5.91 Å². The first-order valence-electron chi connectivity index (χ1n) is 8.71. The number of piperidine rings is 1. The van der Waals surface area contributed by atoms with Crippen LogP contribution in [0.25, 0.3) is 0 Å². The van der Waals surface area contributed by atoms with Crippen LogP contribution in [-0.4, -0.2) is 61.1 Å². The van der Waals surface area contributed by atoms with Gasteiger partial charge in [-0.2, -0.15) is 0 Å². The van der Waals surface area contributed by atoms with Crippen LogP contribution >= 0.6 is 0 Å². The van der Waals surface area contributed by atoms with Crippen LogP contribution in [0.5, 0.6) is 0 Å². The number of amides is 1. The fraction of sp³-hybridized carbons (Fsp3) is 0.611. The van der Waals surface area contributed by atoms with Crippen molar-refractivity contribution in [3.8, 4) is 0 Å². The first-order valence-corrected chi connectivity index (χ1v) is 8.71. The first kappa shape index (κ1) is 17.3. The third kappa shape index (κ3) is 4.11. The lowest BCUT2D eigenvalue weighted by molar-refractivity contribution is 0.0295. The molecule has 2 fully saturated rings. The van der Waals surface area contributed by atoms with Gasteiger partial charge < -0.3 is 9.64 Å². The van der Waals surface area contributed by atoms with E-state index in [-0.39, 0.29) is 11.6 Å². The number of ether oxygens (including phenoxy) is 1. The van der Waals surface area contributed by atoms with Gasteiger partial charge in [0.1, 0.15) is 11.6 Å². The summed E-state index contributed by atoms with van der Waals surface area (Å²) in [5, 5.41) is 0. The highest BCUT2D eigenvalue weighted by Gasteiger charge is 2.29. The number of nitrogens with zero attached hydrogens (tertiary/aromatic N) is 2. The van der Waals surface area contributed by atoms with E-state index >= 15 is 0 Å². The van der Waals surface area contributed by atoms with Crippen molar-refractivity contribution in [3.05, 3.63) is 35.4 Å². The molecule has 2 saturated heterocycles. The first-order chi connectivity index (χ1) is 11.6. The van der Waals surface area contributed by atoms with Gasteiger partial charge in [0.2, 0.25) is 0 Å². The number of halogens is 2. The van der Waals surface area contributed by atoms with Crippen LogP contribution in [0.15, 0.2) is 18.2 Å². The Labute approximate surface area is 141 Å². The molecule has 1 aromatic carbocycles. The Hall–Kier alpha value is -1.53. The van der Waals surface area contributed by atoms with Gasteiger partial charge in [-0.05, 0) is 43.9 Å². The lowest BCUT2D eigenvalue weighted by Gasteiger charge is -2.37. The molecule has 0 spiro atoms. The zero-order chi connectivity index (χ0) is 16.9. The molecule has 2 heterocycles. The van der Waals surface area contributed by atoms with Gasteiger partial charge in [0.05, 0.1) is 18.8 Å². The summed E-state index contributed by atoms with van der Waals surface area (Å²) < 4.78 is 32.7. The highest BCUT2D eigenvalue weighted by molar-refractivity contribution is 5.94. The van der Waals surface area contributed by atoms with Gasteiger partial charge in [-0.15, -0.1) is 0 Å². The van der Waals surface area contributed by atoms with Gasteiger partial charge in [0, 0.05) is 32.2 Å². The molecule has 24 heavy (non-hydrogen) atoms. The van der Waals surface area contributed by atoms with E-state index in [0.29, 0.717) is 6.54 Å². The molecule has 1 atom stereocenters. The molecule has 2 aliphatic heterocycles. The topological polar surface area (TPSA) is 32.8 Å². The summed E-state index contributed by atoms with van der Waals surface area (Å²) in [5.41, 5.74) is -0.159. The predicted octanol–water partition coefficient (Wildman–Crippen LogP) is 2.68. The number of rotatable bonds is 4. The molecule has 0 aromatic heterocycles. The Bertz CT molecular complexity index is 576. The minimum atomic E-state index is -0.654. The van der Waals surface area contributed by atoms with Gasteiger partial charge >= 0.3 is 0 Å². The second-order valence-electron chi connectivity index (χ2n) is 6.52. The minimum Gasteiger partial charge on any atom is -0.379 e. The quantitative estimate of drug-likeness (QED) is 0.846. The molecule has 0 unspecified atom stereocenters. The summed E-state index contributed by atoms with van der Waals surface area (Å²) in [5.74, 6) is -1.63. The average Bonchev–Trinajstić information content (AvgIpc) is 2.62. The van der Waals surface area contributed by atoms with E-state index in [2.05, 4.69) is 4.90 Å². The van der Waals surface area contributed by atoms with Crippen molar-refractivity contribution in [2.45, 2.75) is 31.7 Å². The molecule has 0 bridgehead atoms. The van der Waals surface area contributed by atoms with E-state index < -0.39 is 17.5 Å². The third-order valence-electron chi connectivity index (χ3n) is 4.93. The van der Waals surface area contributed by atoms with Crippen molar-refractivity contribution >= 4 is 5.91 Å². The largest absolute Gasteiger partial charge is 0.379 e. The summed E-state index contributed by atoms with van der Waals surface area (Å²) in [6.07, 6.45) is 3.77. The van der Waals surface area contributed by atoms with Crippen LogP contribution in [0.2, 0.25) is 0 Å². The maximum absolute atomic E-state index is 13.9. The van der Waals surface area contributed by atoms with Crippen LogP contribution in [0.1, 0.15) is 36.0 Å². The molecular weight excluding hydrogens is 314 g/mol. The molecule has 0 radical (unpaired) electrons. The molecule has 1 aromatic rings. The number of hydrogen-bond donors (Lipinski definition) is 0. The smallest absolute Gasteiger partial charge is 0.257 e. The highest BCUT2D eigenvalue weighted by Crippen LogP contribution is 2.24. The highest BCUT2D eigenvalue weighted by atomic mass is 19.1. The van der Waals surface area contributed by atoms with E-state index in [9.17, 15) is 13.6 Å². The van der Waals surface area contributed by atoms with Gasteiger partial charge in [-0.25, -0.2) is 8.78 Å². The molecule has 0 aliphatic carbocycles. The fourth-order valence-electron chi connectivity index (χ4n) is 3.54. The number of carbonyl (C=O) groups excluding carboxylic acids is 1. The molecular formula is C18H24F2N2O2.